The topological polar surface area (TPSA) is 29.1 Å². The molecule has 1 aromatic carbocycles. The fraction of sp³-hybridized carbons (Fsp3) is 0.364. The number of aldehydes is 1. The number of hydrogen-bond donors (Lipinski definition) is 1. The van der Waals surface area contributed by atoms with Crippen molar-refractivity contribution in [1.82, 2.24) is 0 Å². The van der Waals surface area contributed by atoms with Crippen LogP contribution < -0.4 is 5.32 Å². The van der Waals surface area contributed by atoms with Crippen LogP contribution in [0, 0.1) is 0 Å². The van der Waals surface area contributed by atoms with Crippen LogP contribution in [0.4, 0.5) is 5.69 Å². The summed E-state index contributed by atoms with van der Waals surface area (Å²) in [6.45, 7) is 3.18. The maximum Gasteiger partial charge on any atom is 0.124 e. The Morgan fingerprint density at radius 3 is 3.23 bits per heavy atom. The Morgan fingerprint density at radius 2 is 2.46 bits per heavy atom. The summed E-state index contributed by atoms with van der Waals surface area (Å²) in [6, 6.07) is 6.12. The fourth-order valence-corrected chi connectivity index (χ4v) is 1.98. The van der Waals surface area contributed by atoms with Gasteiger partial charge in [-0.25, -0.2) is 0 Å². The van der Waals surface area contributed by atoms with Gasteiger partial charge in [-0.15, -0.1) is 0 Å². The van der Waals surface area contributed by atoms with E-state index in [9.17, 15) is 4.79 Å². The highest BCUT2D eigenvalue weighted by molar-refractivity contribution is 5.65. The highest BCUT2D eigenvalue weighted by Crippen LogP contribution is 2.33. The predicted molar refractivity (Wildman–Crippen MR) is 53.1 cm³/mol. The van der Waals surface area contributed by atoms with E-state index in [-0.39, 0.29) is 0 Å². The van der Waals surface area contributed by atoms with Gasteiger partial charge in [0, 0.05) is 24.6 Å². The van der Waals surface area contributed by atoms with E-state index >= 15 is 0 Å². The third-order valence-electron chi connectivity index (χ3n) is 2.59. The molecule has 1 atom stereocenters. The molecular formula is C11H13NO. The maximum absolute atomic E-state index is 10.5. The lowest BCUT2D eigenvalue weighted by Gasteiger charge is -2.07. The molecule has 0 saturated carbocycles. The van der Waals surface area contributed by atoms with Gasteiger partial charge in [0.2, 0.25) is 0 Å². The van der Waals surface area contributed by atoms with Crippen molar-refractivity contribution in [3.05, 3.63) is 29.3 Å². The van der Waals surface area contributed by atoms with E-state index < -0.39 is 0 Å². The minimum Gasteiger partial charge on any atom is -0.384 e. The van der Waals surface area contributed by atoms with Gasteiger partial charge in [0.25, 0.3) is 0 Å². The summed E-state index contributed by atoms with van der Waals surface area (Å²) in [7, 11) is 0. The molecule has 0 spiro atoms. The zero-order valence-corrected chi connectivity index (χ0v) is 7.71. The van der Waals surface area contributed by atoms with E-state index in [1.165, 1.54) is 16.8 Å². The second kappa shape index (κ2) is 3.21. The number of hydrogen-bond acceptors (Lipinski definition) is 2. The largest absolute Gasteiger partial charge is 0.384 e. The molecule has 1 aliphatic rings. The monoisotopic (exact) mass is 175 g/mol. The summed E-state index contributed by atoms with van der Waals surface area (Å²) in [4.78, 5) is 10.5. The lowest BCUT2D eigenvalue weighted by Crippen LogP contribution is -1.98. The van der Waals surface area contributed by atoms with Crippen molar-refractivity contribution >= 4 is 12.0 Å². The highest BCUT2D eigenvalue weighted by Gasteiger charge is 2.20. The molecule has 0 radical (unpaired) electrons. The van der Waals surface area contributed by atoms with Gasteiger partial charge < -0.3 is 10.1 Å². The zero-order valence-electron chi connectivity index (χ0n) is 7.71. The summed E-state index contributed by atoms with van der Waals surface area (Å²) in [5.74, 6) is 0.533. The van der Waals surface area contributed by atoms with Crippen LogP contribution in [-0.2, 0) is 11.2 Å². The van der Waals surface area contributed by atoms with Crippen molar-refractivity contribution < 1.29 is 4.79 Å². The molecule has 0 amide bonds. The van der Waals surface area contributed by atoms with E-state index in [1.54, 1.807) is 0 Å². The molecule has 0 bridgehead atoms. The number of nitrogens with one attached hydrogen (secondary N) is 1. The quantitative estimate of drug-likeness (QED) is 0.696. The van der Waals surface area contributed by atoms with E-state index in [1.807, 2.05) is 12.1 Å². The normalized spacial score (nSPS) is 19.3. The van der Waals surface area contributed by atoms with Gasteiger partial charge in [-0.2, -0.15) is 0 Å². The van der Waals surface area contributed by atoms with Crippen LogP contribution in [0.1, 0.15) is 24.0 Å². The zero-order chi connectivity index (χ0) is 9.26. The van der Waals surface area contributed by atoms with Crippen LogP contribution in [-0.4, -0.2) is 12.8 Å². The van der Waals surface area contributed by atoms with Crippen molar-refractivity contribution in [1.29, 1.82) is 0 Å². The first-order chi connectivity index (χ1) is 6.33. The predicted octanol–water partition coefficient (Wildman–Crippen LogP) is 1.96. The SMILES string of the molecule is CC1CNc2cccc(CC=O)c21. The Balaban J connectivity index is 2.46. The van der Waals surface area contributed by atoms with Gasteiger partial charge in [-0.05, 0) is 17.2 Å². The fourth-order valence-electron chi connectivity index (χ4n) is 1.98. The Bertz CT molecular complexity index is 333. The third kappa shape index (κ3) is 1.32. The summed E-state index contributed by atoms with van der Waals surface area (Å²) in [5.41, 5.74) is 3.70. The van der Waals surface area contributed by atoms with Crippen LogP contribution in [0.2, 0.25) is 0 Å². The van der Waals surface area contributed by atoms with Gasteiger partial charge in [-0.3, -0.25) is 0 Å². The maximum atomic E-state index is 10.5. The minimum absolute atomic E-state index is 0.533. The lowest BCUT2D eigenvalue weighted by atomic mass is 9.96. The molecule has 2 rings (SSSR count). The van der Waals surface area contributed by atoms with E-state index in [0.29, 0.717) is 12.3 Å². The smallest absolute Gasteiger partial charge is 0.124 e. The lowest BCUT2D eigenvalue weighted by molar-refractivity contribution is -0.107. The van der Waals surface area contributed by atoms with Crippen LogP contribution in [0.3, 0.4) is 0 Å². The standard InChI is InChI=1S/C11H13NO/c1-8-7-12-10-4-2-3-9(5-6-13)11(8)10/h2-4,6,8,12H,5,7H2,1H3. The van der Waals surface area contributed by atoms with Crippen LogP contribution in [0.5, 0.6) is 0 Å². The first-order valence-corrected chi connectivity index (χ1v) is 4.62. The Morgan fingerprint density at radius 1 is 1.62 bits per heavy atom. The molecule has 0 aromatic heterocycles. The summed E-state index contributed by atoms with van der Waals surface area (Å²) >= 11 is 0. The molecule has 2 nitrogen and oxygen atoms in total. The molecule has 1 aromatic rings. The number of anilines is 1. The van der Waals surface area contributed by atoms with E-state index in [2.05, 4.69) is 18.3 Å². The van der Waals surface area contributed by atoms with E-state index in [0.717, 1.165) is 12.8 Å². The number of fused-ring (bicyclic) bond motifs is 1. The molecule has 0 aliphatic carbocycles. The van der Waals surface area contributed by atoms with Gasteiger partial charge in [0.05, 0.1) is 0 Å². The first kappa shape index (κ1) is 8.30. The third-order valence-corrected chi connectivity index (χ3v) is 2.59. The van der Waals surface area contributed by atoms with Gasteiger partial charge in [0.1, 0.15) is 6.29 Å². The van der Waals surface area contributed by atoms with Crippen LogP contribution in [0.25, 0.3) is 0 Å². The average molecular weight is 175 g/mol. The molecule has 1 unspecified atom stereocenters. The Labute approximate surface area is 78.0 Å². The number of carbonyl (C=O) groups excluding carboxylic acids is 1. The molecule has 1 heterocycles. The van der Waals surface area contributed by atoms with Crippen molar-refractivity contribution in [3.8, 4) is 0 Å². The highest BCUT2D eigenvalue weighted by atomic mass is 16.1. The molecule has 2 heteroatoms. The minimum atomic E-state index is 0.533. The van der Waals surface area contributed by atoms with Gasteiger partial charge in [-0.1, -0.05) is 19.1 Å². The summed E-state index contributed by atoms with van der Waals surface area (Å²) < 4.78 is 0. The molecule has 0 saturated heterocycles. The van der Waals surface area contributed by atoms with Crippen molar-refractivity contribution in [2.75, 3.05) is 11.9 Å². The van der Waals surface area contributed by atoms with E-state index in [4.69, 9.17) is 0 Å². The summed E-state index contributed by atoms with van der Waals surface area (Å²) in [5, 5.41) is 3.33. The molecule has 68 valence electrons. The Kier molecular flexibility index (Phi) is 2.05. The Hall–Kier alpha value is -1.31. The molecule has 13 heavy (non-hydrogen) atoms. The number of carbonyl (C=O) groups is 1. The van der Waals surface area contributed by atoms with Crippen molar-refractivity contribution in [2.45, 2.75) is 19.3 Å². The first-order valence-electron chi connectivity index (χ1n) is 4.62. The number of rotatable bonds is 2. The molecule has 1 aliphatic heterocycles. The van der Waals surface area contributed by atoms with Gasteiger partial charge >= 0.3 is 0 Å². The van der Waals surface area contributed by atoms with Crippen molar-refractivity contribution in [2.24, 2.45) is 0 Å². The second-order valence-corrected chi connectivity index (χ2v) is 3.53. The van der Waals surface area contributed by atoms with Crippen LogP contribution in [0.15, 0.2) is 18.2 Å². The van der Waals surface area contributed by atoms with Crippen LogP contribution >= 0.6 is 0 Å². The number of benzene rings is 1. The molecular weight excluding hydrogens is 162 g/mol. The summed E-state index contributed by atoms with van der Waals surface area (Å²) in [6.07, 6.45) is 1.51. The van der Waals surface area contributed by atoms with Crippen molar-refractivity contribution in [3.63, 3.8) is 0 Å². The molecule has 1 N–H and O–H groups in total. The average Bonchev–Trinajstić information content (AvgIpc) is 2.50. The second-order valence-electron chi connectivity index (χ2n) is 3.53. The molecule has 0 fully saturated rings. The van der Waals surface area contributed by atoms with Gasteiger partial charge in [0.15, 0.2) is 0 Å².